The van der Waals surface area contributed by atoms with Crippen LogP contribution in [0.25, 0.3) is 0 Å². The van der Waals surface area contributed by atoms with E-state index < -0.39 is 0 Å². The second-order valence-corrected chi connectivity index (χ2v) is 1.69. The highest BCUT2D eigenvalue weighted by Crippen LogP contribution is 1.94. The van der Waals surface area contributed by atoms with Gasteiger partial charge in [-0.2, -0.15) is 0 Å². The van der Waals surface area contributed by atoms with Crippen LogP contribution in [0, 0.1) is 0 Å². The van der Waals surface area contributed by atoms with Gasteiger partial charge in [-0.1, -0.05) is 30.3 Å². The van der Waals surface area contributed by atoms with E-state index in [1.54, 1.807) is 0 Å². The van der Waals surface area contributed by atoms with Crippen LogP contribution in [-0.4, -0.2) is 11.0 Å². The molecule has 0 saturated carbocycles. The van der Waals surface area contributed by atoms with Gasteiger partial charge >= 0.3 is 0 Å². The van der Waals surface area contributed by atoms with E-state index in [9.17, 15) is 0 Å². The zero-order valence-corrected chi connectivity index (χ0v) is 6.17. The van der Waals surface area contributed by atoms with E-state index in [2.05, 4.69) is 0 Å². The molecule has 2 N–H and O–H groups in total. The summed E-state index contributed by atoms with van der Waals surface area (Å²) in [7, 11) is 0. The van der Waals surface area contributed by atoms with Crippen LogP contribution in [0.4, 0.5) is 0 Å². The number of hydrogen-bond donors (Lipinski definition) is 1. The minimum atomic E-state index is 0. The van der Waals surface area contributed by atoms with Crippen molar-refractivity contribution in [2.75, 3.05) is 0 Å². The SMILES string of the molecule is NCc1ccccc1.[Si]. The molecule has 0 atom stereocenters. The second kappa shape index (κ2) is 4.29. The Kier molecular flexibility index (Phi) is 4.01. The molecule has 0 saturated heterocycles. The highest BCUT2D eigenvalue weighted by Gasteiger charge is 1.80. The summed E-state index contributed by atoms with van der Waals surface area (Å²) in [6.45, 7) is 0.640. The first-order valence-corrected chi connectivity index (χ1v) is 2.67. The lowest BCUT2D eigenvalue weighted by Crippen LogP contribution is -1.94. The Balaban J connectivity index is 0.000000640. The van der Waals surface area contributed by atoms with Gasteiger partial charge in [0, 0.05) is 17.5 Å². The molecule has 0 amide bonds. The maximum Gasteiger partial charge on any atom is 0.0178 e. The van der Waals surface area contributed by atoms with Crippen LogP contribution in [0.1, 0.15) is 5.56 Å². The van der Waals surface area contributed by atoms with Crippen LogP contribution in [0.5, 0.6) is 0 Å². The van der Waals surface area contributed by atoms with Crippen LogP contribution in [-0.2, 0) is 6.54 Å². The van der Waals surface area contributed by atoms with E-state index >= 15 is 0 Å². The van der Waals surface area contributed by atoms with Crippen LogP contribution in [0.2, 0.25) is 0 Å². The van der Waals surface area contributed by atoms with Gasteiger partial charge in [0.1, 0.15) is 0 Å². The molecule has 1 nitrogen and oxygen atoms in total. The first-order chi connectivity index (χ1) is 3.93. The Morgan fingerprint density at radius 3 is 2.00 bits per heavy atom. The van der Waals surface area contributed by atoms with Crippen LogP contribution in [0.15, 0.2) is 30.3 Å². The van der Waals surface area contributed by atoms with Crippen LogP contribution >= 0.6 is 0 Å². The predicted octanol–water partition coefficient (Wildman–Crippen LogP) is 0.765. The lowest BCUT2D eigenvalue weighted by atomic mass is 10.2. The second-order valence-electron chi connectivity index (χ2n) is 1.69. The quantitative estimate of drug-likeness (QED) is 0.565. The lowest BCUT2D eigenvalue weighted by Gasteiger charge is -1.90. The van der Waals surface area contributed by atoms with E-state index in [-0.39, 0.29) is 11.0 Å². The van der Waals surface area contributed by atoms with Crippen molar-refractivity contribution in [1.29, 1.82) is 0 Å². The fourth-order valence-corrected chi connectivity index (χ4v) is 0.614. The van der Waals surface area contributed by atoms with Crippen molar-refractivity contribution in [2.24, 2.45) is 5.73 Å². The molecule has 0 aromatic heterocycles. The molecular formula is C7H9NSi. The molecular weight excluding hydrogens is 126 g/mol. The number of rotatable bonds is 1. The molecule has 1 aromatic carbocycles. The molecule has 1 rings (SSSR count). The third-order valence-electron chi connectivity index (χ3n) is 1.08. The topological polar surface area (TPSA) is 26.0 Å². The van der Waals surface area contributed by atoms with Gasteiger partial charge in [-0.25, -0.2) is 0 Å². The third kappa shape index (κ3) is 2.44. The molecule has 0 unspecified atom stereocenters. The maximum absolute atomic E-state index is 5.35. The standard InChI is InChI=1S/C7H9N.Si/c8-6-7-4-2-1-3-5-7;/h1-5H,6,8H2;. The Bertz CT molecular complexity index is 150. The van der Waals surface area contributed by atoms with E-state index in [1.807, 2.05) is 30.3 Å². The molecule has 2 heteroatoms. The summed E-state index contributed by atoms with van der Waals surface area (Å²) >= 11 is 0. The van der Waals surface area contributed by atoms with Gasteiger partial charge in [0.25, 0.3) is 0 Å². The molecule has 0 aliphatic carbocycles. The minimum absolute atomic E-state index is 0. The minimum Gasteiger partial charge on any atom is -0.326 e. The molecule has 1 aromatic rings. The molecule has 0 heterocycles. The third-order valence-corrected chi connectivity index (χ3v) is 1.08. The summed E-state index contributed by atoms with van der Waals surface area (Å²) < 4.78 is 0. The van der Waals surface area contributed by atoms with Gasteiger partial charge in [-0.05, 0) is 5.56 Å². The van der Waals surface area contributed by atoms with Crippen LogP contribution in [0.3, 0.4) is 0 Å². The van der Waals surface area contributed by atoms with E-state index in [0.29, 0.717) is 6.54 Å². The van der Waals surface area contributed by atoms with Crippen molar-refractivity contribution >= 4 is 11.0 Å². The normalized spacial score (nSPS) is 8.11. The zero-order valence-electron chi connectivity index (χ0n) is 5.17. The molecule has 0 aliphatic rings. The Morgan fingerprint density at radius 1 is 1.11 bits per heavy atom. The lowest BCUT2D eigenvalue weighted by molar-refractivity contribution is 1.07. The van der Waals surface area contributed by atoms with Gasteiger partial charge in [0.05, 0.1) is 0 Å². The molecule has 4 radical (unpaired) electrons. The fourth-order valence-electron chi connectivity index (χ4n) is 0.614. The Hall–Kier alpha value is -0.603. The molecule has 0 fully saturated rings. The predicted molar refractivity (Wildman–Crippen MR) is 40.1 cm³/mol. The van der Waals surface area contributed by atoms with Crippen molar-refractivity contribution in [2.45, 2.75) is 6.54 Å². The number of nitrogens with two attached hydrogens (primary N) is 1. The van der Waals surface area contributed by atoms with E-state index in [1.165, 1.54) is 5.56 Å². The fraction of sp³-hybridized carbons (Fsp3) is 0.143. The highest BCUT2D eigenvalue weighted by molar-refractivity contribution is 5.75. The Labute approximate surface area is 59.9 Å². The smallest absolute Gasteiger partial charge is 0.0178 e. The average molecular weight is 135 g/mol. The molecule has 0 spiro atoms. The number of benzene rings is 1. The van der Waals surface area contributed by atoms with Crippen LogP contribution < -0.4 is 5.73 Å². The maximum atomic E-state index is 5.35. The summed E-state index contributed by atoms with van der Waals surface area (Å²) in [5, 5.41) is 0. The summed E-state index contributed by atoms with van der Waals surface area (Å²) in [5.74, 6) is 0. The molecule has 0 bridgehead atoms. The monoisotopic (exact) mass is 135 g/mol. The first kappa shape index (κ1) is 8.40. The molecule has 0 aliphatic heterocycles. The summed E-state index contributed by atoms with van der Waals surface area (Å²) in [6, 6.07) is 9.99. The van der Waals surface area contributed by atoms with Crippen molar-refractivity contribution in [1.82, 2.24) is 0 Å². The van der Waals surface area contributed by atoms with Crippen molar-refractivity contribution in [3.63, 3.8) is 0 Å². The van der Waals surface area contributed by atoms with Gasteiger partial charge in [-0.15, -0.1) is 0 Å². The van der Waals surface area contributed by atoms with Crippen molar-refractivity contribution in [3.05, 3.63) is 35.9 Å². The summed E-state index contributed by atoms with van der Waals surface area (Å²) in [4.78, 5) is 0. The van der Waals surface area contributed by atoms with Crippen molar-refractivity contribution in [3.8, 4) is 0 Å². The van der Waals surface area contributed by atoms with Gasteiger partial charge < -0.3 is 5.73 Å². The largest absolute Gasteiger partial charge is 0.326 e. The molecule has 9 heavy (non-hydrogen) atoms. The number of hydrogen-bond acceptors (Lipinski definition) is 1. The first-order valence-electron chi connectivity index (χ1n) is 2.67. The Morgan fingerprint density at radius 2 is 1.67 bits per heavy atom. The summed E-state index contributed by atoms with van der Waals surface area (Å²) in [5.41, 5.74) is 6.54. The van der Waals surface area contributed by atoms with E-state index in [0.717, 1.165) is 0 Å². The molecule has 46 valence electrons. The van der Waals surface area contributed by atoms with Gasteiger partial charge in [-0.3, -0.25) is 0 Å². The van der Waals surface area contributed by atoms with E-state index in [4.69, 9.17) is 5.73 Å². The van der Waals surface area contributed by atoms with Gasteiger partial charge in [0.2, 0.25) is 0 Å². The average Bonchev–Trinajstić information content (AvgIpc) is 1.90. The van der Waals surface area contributed by atoms with Gasteiger partial charge in [0.15, 0.2) is 0 Å². The van der Waals surface area contributed by atoms with Crippen molar-refractivity contribution < 1.29 is 0 Å². The summed E-state index contributed by atoms with van der Waals surface area (Å²) in [6.07, 6.45) is 0. The highest BCUT2D eigenvalue weighted by atomic mass is 28.1. The zero-order chi connectivity index (χ0) is 5.82.